The molecule has 2 aromatic rings. The van der Waals surface area contributed by atoms with Gasteiger partial charge in [0, 0.05) is 6.54 Å². The summed E-state index contributed by atoms with van der Waals surface area (Å²) < 4.78 is 5.57. The van der Waals surface area contributed by atoms with Crippen molar-refractivity contribution >= 4 is 29.0 Å². The maximum atomic E-state index is 6.01. The Hall–Kier alpha value is -1.52. The summed E-state index contributed by atoms with van der Waals surface area (Å²) in [6.07, 6.45) is 3.32. The van der Waals surface area contributed by atoms with Gasteiger partial charge in [-0.1, -0.05) is 29.3 Å². The summed E-state index contributed by atoms with van der Waals surface area (Å²) in [5.41, 5.74) is 0.706. The van der Waals surface area contributed by atoms with E-state index < -0.39 is 0 Å². The van der Waals surface area contributed by atoms with Crippen molar-refractivity contribution in [3.63, 3.8) is 0 Å². The van der Waals surface area contributed by atoms with Crippen molar-refractivity contribution < 1.29 is 4.74 Å². The van der Waals surface area contributed by atoms with E-state index >= 15 is 0 Å². The molecule has 0 amide bonds. The van der Waals surface area contributed by atoms with Gasteiger partial charge in [0.15, 0.2) is 5.75 Å². The zero-order valence-corrected chi connectivity index (χ0v) is 11.9. The van der Waals surface area contributed by atoms with E-state index in [4.69, 9.17) is 27.9 Å². The Morgan fingerprint density at radius 3 is 2.47 bits per heavy atom. The molecule has 1 aromatic carbocycles. The van der Waals surface area contributed by atoms with Gasteiger partial charge in [0.1, 0.15) is 12.4 Å². The third-order valence-electron chi connectivity index (χ3n) is 2.35. The van der Waals surface area contributed by atoms with E-state index in [1.165, 1.54) is 0 Å². The number of anilines is 1. The van der Waals surface area contributed by atoms with Crippen molar-refractivity contribution in [3.05, 3.63) is 46.3 Å². The number of nitrogens with zero attached hydrogens (tertiary/aromatic N) is 2. The SMILES string of the molecule is CCNc1cnc(COc2c(Cl)cccc2Cl)cn1. The second-order valence-electron chi connectivity index (χ2n) is 3.76. The Balaban J connectivity index is 2.02. The monoisotopic (exact) mass is 297 g/mol. The smallest absolute Gasteiger partial charge is 0.157 e. The van der Waals surface area contributed by atoms with E-state index in [1.54, 1.807) is 30.6 Å². The fourth-order valence-corrected chi connectivity index (χ4v) is 1.97. The predicted octanol–water partition coefficient (Wildman–Crippen LogP) is 3.79. The molecule has 0 radical (unpaired) electrons. The van der Waals surface area contributed by atoms with Gasteiger partial charge < -0.3 is 10.1 Å². The second kappa shape index (κ2) is 6.59. The maximum Gasteiger partial charge on any atom is 0.157 e. The van der Waals surface area contributed by atoms with E-state index in [9.17, 15) is 0 Å². The van der Waals surface area contributed by atoms with Crippen LogP contribution in [0.5, 0.6) is 5.75 Å². The summed E-state index contributed by atoms with van der Waals surface area (Å²) in [5, 5.41) is 4.02. The van der Waals surface area contributed by atoms with E-state index in [0.717, 1.165) is 12.4 Å². The number of benzene rings is 1. The Morgan fingerprint density at radius 2 is 1.89 bits per heavy atom. The molecule has 0 fully saturated rings. The molecule has 0 saturated heterocycles. The van der Waals surface area contributed by atoms with Gasteiger partial charge in [-0.05, 0) is 19.1 Å². The topological polar surface area (TPSA) is 47.0 Å². The highest BCUT2D eigenvalue weighted by atomic mass is 35.5. The maximum absolute atomic E-state index is 6.01. The molecule has 4 nitrogen and oxygen atoms in total. The molecule has 0 aliphatic carbocycles. The molecule has 0 atom stereocenters. The molecule has 6 heteroatoms. The average Bonchev–Trinajstić information content (AvgIpc) is 2.40. The molecule has 0 bridgehead atoms. The predicted molar refractivity (Wildman–Crippen MR) is 77.0 cm³/mol. The van der Waals surface area contributed by atoms with Crippen LogP contribution >= 0.6 is 23.2 Å². The summed E-state index contributed by atoms with van der Waals surface area (Å²) in [7, 11) is 0. The van der Waals surface area contributed by atoms with Gasteiger partial charge in [0.25, 0.3) is 0 Å². The summed E-state index contributed by atoms with van der Waals surface area (Å²) in [6.45, 7) is 3.07. The Morgan fingerprint density at radius 1 is 1.16 bits per heavy atom. The van der Waals surface area contributed by atoms with Crippen molar-refractivity contribution in [3.8, 4) is 5.75 Å². The lowest BCUT2D eigenvalue weighted by Gasteiger charge is -2.09. The largest absolute Gasteiger partial charge is 0.484 e. The number of aromatic nitrogens is 2. The molecular weight excluding hydrogens is 285 g/mol. The lowest BCUT2D eigenvalue weighted by atomic mass is 10.3. The minimum atomic E-state index is 0.267. The second-order valence-corrected chi connectivity index (χ2v) is 4.58. The molecule has 0 spiro atoms. The summed E-state index contributed by atoms with van der Waals surface area (Å²) >= 11 is 12.0. The highest BCUT2D eigenvalue weighted by molar-refractivity contribution is 6.37. The lowest BCUT2D eigenvalue weighted by molar-refractivity contribution is 0.301. The number of rotatable bonds is 5. The average molecular weight is 298 g/mol. The zero-order valence-electron chi connectivity index (χ0n) is 10.4. The van der Waals surface area contributed by atoms with Gasteiger partial charge >= 0.3 is 0 Å². The first-order valence-electron chi connectivity index (χ1n) is 5.82. The van der Waals surface area contributed by atoms with Gasteiger partial charge in [0.05, 0.1) is 28.1 Å². The minimum absolute atomic E-state index is 0.267. The Kier molecular flexibility index (Phi) is 4.82. The Bertz CT molecular complexity index is 526. The number of halogens is 2. The normalized spacial score (nSPS) is 10.3. The van der Waals surface area contributed by atoms with Crippen LogP contribution in [0, 0.1) is 0 Å². The molecule has 0 aliphatic rings. The molecule has 1 N–H and O–H groups in total. The van der Waals surface area contributed by atoms with Gasteiger partial charge in [-0.2, -0.15) is 0 Å². The molecular formula is C13H13Cl2N3O. The van der Waals surface area contributed by atoms with Gasteiger partial charge in [0.2, 0.25) is 0 Å². The van der Waals surface area contributed by atoms with Gasteiger partial charge in [-0.15, -0.1) is 0 Å². The van der Waals surface area contributed by atoms with E-state index in [1.807, 2.05) is 6.92 Å². The van der Waals surface area contributed by atoms with Crippen LogP contribution in [-0.2, 0) is 6.61 Å². The first kappa shape index (κ1) is 13.9. The van der Waals surface area contributed by atoms with Crippen LogP contribution < -0.4 is 10.1 Å². The van der Waals surface area contributed by atoms with Crippen molar-refractivity contribution in [2.45, 2.75) is 13.5 Å². The molecule has 100 valence electrons. The van der Waals surface area contributed by atoms with Crippen molar-refractivity contribution in [2.24, 2.45) is 0 Å². The number of para-hydroxylation sites is 1. The molecule has 1 aromatic heterocycles. The minimum Gasteiger partial charge on any atom is -0.484 e. The van der Waals surface area contributed by atoms with E-state index in [0.29, 0.717) is 21.5 Å². The van der Waals surface area contributed by atoms with Crippen LogP contribution in [-0.4, -0.2) is 16.5 Å². The molecule has 0 aliphatic heterocycles. The number of nitrogens with one attached hydrogen (secondary N) is 1. The first-order valence-corrected chi connectivity index (χ1v) is 6.58. The van der Waals surface area contributed by atoms with Gasteiger partial charge in [-0.25, -0.2) is 4.98 Å². The number of ether oxygens (including phenoxy) is 1. The fourth-order valence-electron chi connectivity index (χ4n) is 1.47. The van der Waals surface area contributed by atoms with Crippen molar-refractivity contribution in [2.75, 3.05) is 11.9 Å². The van der Waals surface area contributed by atoms with Crippen molar-refractivity contribution in [1.29, 1.82) is 0 Å². The zero-order chi connectivity index (χ0) is 13.7. The first-order chi connectivity index (χ1) is 9.20. The fraction of sp³-hybridized carbons (Fsp3) is 0.231. The van der Waals surface area contributed by atoms with Crippen molar-refractivity contribution in [1.82, 2.24) is 9.97 Å². The number of hydrogen-bond acceptors (Lipinski definition) is 4. The third kappa shape index (κ3) is 3.72. The molecule has 19 heavy (non-hydrogen) atoms. The van der Waals surface area contributed by atoms with E-state index in [2.05, 4.69) is 15.3 Å². The Labute approximate surface area is 121 Å². The van der Waals surface area contributed by atoms with E-state index in [-0.39, 0.29) is 6.61 Å². The summed E-state index contributed by atoms with van der Waals surface area (Å²) in [5.74, 6) is 1.20. The van der Waals surface area contributed by atoms with Crippen LogP contribution in [0.4, 0.5) is 5.82 Å². The third-order valence-corrected chi connectivity index (χ3v) is 2.94. The lowest BCUT2D eigenvalue weighted by Crippen LogP contribution is -2.03. The quantitative estimate of drug-likeness (QED) is 0.912. The molecule has 0 saturated carbocycles. The highest BCUT2D eigenvalue weighted by Gasteiger charge is 2.07. The standard InChI is InChI=1S/C13H13Cl2N3O/c1-2-16-12-7-17-9(6-18-12)8-19-13-10(14)4-3-5-11(13)15/h3-7H,2,8H2,1H3,(H,16,18). The van der Waals surface area contributed by atoms with Crippen LogP contribution in [0.3, 0.4) is 0 Å². The summed E-state index contributed by atoms with van der Waals surface area (Å²) in [6, 6.07) is 5.22. The molecule has 2 rings (SSSR count). The van der Waals surface area contributed by atoms with Crippen LogP contribution in [0.2, 0.25) is 10.0 Å². The van der Waals surface area contributed by atoms with Gasteiger partial charge in [-0.3, -0.25) is 4.98 Å². The van der Waals surface area contributed by atoms with Crippen LogP contribution in [0.25, 0.3) is 0 Å². The highest BCUT2D eigenvalue weighted by Crippen LogP contribution is 2.32. The van der Waals surface area contributed by atoms with Crippen LogP contribution in [0.1, 0.15) is 12.6 Å². The number of hydrogen-bond donors (Lipinski definition) is 1. The molecule has 1 heterocycles. The summed E-state index contributed by atoms with van der Waals surface area (Å²) in [4.78, 5) is 8.44. The molecule has 0 unspecified atom stereocenters. The van der Waals surface area contributed by atoms with Crippen LogP contribution in [0.15, 0.2) is 30.6 Å².